The molecule has 0 aromatic heterocycles. The number of aryl methyl sites for hydroxylation is 1. The van der Waals surface area contributed by atoms with Crippen LogP contribution in [0.2, 0.25) is 0 Å². The minimum Gasteiger partial charge on any atom is -0.489 e. The zero-order valence-electron chi connectivity index (χ0n) is 12.9. The van der Waals surface area contributed by atoms with Crippen molar-refractivity contribution in [3.63, 3.8) is 0 Å². The Morgan fingerprint density at radius 3 is 2.83 bits per heavy atom. The predicted octanol–water partition coefficient (Wildman–Crippen LogP) is 3.25. The van der Waals surface area contributed by atoms with E-state index in [1.165, 1.54) is 0 Å². The van der Waals surface area contributed by atoms with Gasteiger partial charge in [0.2, 0.25) is 0 Å². The second-order valence-electron chi connectivity index (χ2n) is 5.36. The first kappa shape index (κ1) is 15.6. The molecule has 1 N–H and O–H groups in total. The van der Waals surface area contributed by atoms with Gasteiger partial charge in [0.15, 0.2) is 0 Å². The van der Waals surface area contributed by atoms with Gasteiger partial charge in [-0.1, -0.05) is 30.3 Å². The van der Waals surface area contributed by atoms with Gasteiger partial charge < -0.3 is 4.74 Å². The Kier molecular flexibility index (Phi) is 4.98. The summed E-state index contributed by atoms with van der Waals surface area (Å²) in [6, 6.07) is 15.1. The number of amides is 1. The maximum absolute atomic E-state index is 12.1. The van der Waals surface area contributed by atoms with Gasteiger partial charge in [0.1, 0.15) is 11.9 Å². The van der Waals surface area contributed by atoms with Crippen molar-refractivity contribution in [2.45, 2.75) is 13.0 Å². The number of rotatable bonds is 5. The van der Waals surface area contributed by atoms with E-state index in [-0.39, 0.29) is 5.91 Å². The average molecular weight is 326 g/mol. The van der Waals surface area contributed by atoms with Crippen LogP contribution in [0.5, 0.6) is 5.75 Å². The Morgan fingerprint density at radius 2 is 2.09 bits per heavy atom. The van der Waals surface area contributed by atoms with Crippen LogP contribution in [0, 0.1) is 6.92 Å². The molecule has 118 valence electrons. The van der Waals surface area contributed by atoms with Gasteiger partial charge in [0.25, 0.3) is 5.91 Å². The molecule has 5 heteroatoms. The molecule has 0 saturated carbocycles. The molecule has 1 saturated heterocycles. The van der Waals surface area contributed by atoms with E-state index in [1.807, 2.05) is 61.2 Å². The van der Waals surface area contributed by atoms with Crippen LogP contribution < -0.4 is 10.2 Å². The summed E-state index contributed by atoms with van der Waals surface area (Å²) in [5, 5.41) is 4.03. The van der Waals surface area contributed by atoms with E-state index < -0.39 is 0 Å². The maximum atomic E-state index is 12.1. The normalized spacial score (nSPS) is 14.5. The van der Waals surface area contributed by atoms with Gasteiger partial charge in [-0.05, 0) is 36.2 Å². The van der Waals surface area contributed by atoms with Crippen molar-refractivity contribution >= 4 is 23.9 Å². The summed E-state index contributed by atoms with van der Waals surface area (Å²) in [5.74, 6) is 2.72. The molecule has 1 aliphatic heterocycles. The first-order chi connectivity index (χ1) is 11.2. The van der Waals surface area contributed by atoms with Crippen LogP contribution in [0.4, 0.5) is 0 Å². The molecule has 1 amide bonds. The highest BCUT2D eigenvalue weighted by atomic mass is 32.2. The van der Waals surface area contributed by atoms with Crippen LogP contribution in [0.1, 0.15) is 21.5 Å². The summed E-state index contributed by atoms with van der Waals surface area (Å²) < 4.78 is 5.83. The van der Waals surface area contributed by atoms with Crippen LogP contribution >= 0.6 is 11.8 Å². The van der Waals surface area contributed by atoms with Crippen LogP contribution in [0.25, 0.3) is 0 Å². The van der Waals surface area contributed by atoms with E-state index in [4.69, 9.17) is 4.74 Å². The summed E-state index contributed by atoms with van der Waals surface area (Å²) in [5.41, 5.74) is 5.00. The molecule has 0 unspecified atom stereocenters. The number of ether oxygens (including phenoxy) is 1. The molecule has 1 heterocycles. The lowest BCUT2D eigenvalue weighted by molar-refractivity contribution is 0.0954. The number of hydrogen-bond donors (Lipinski definition) is 1. The zero-order valence-corrected chi connectivity index (χ0v) is 13.7. The third-order valence-corrected chi connectivity index (χ3v) is 4.75. The summed E-state index contributed by atoms with van der Waals surface area (Å²) in [4.78, 5) is 12.1. The smallest absolute Gasteiger partial charge is 0.271 e. The quantitative estimate of drug-likeness (QED) is 0.678. The average Bonchev–Trinajstić information content (AvgIpc) is 2.52. The van der Waals surface area contributed by atoms with Crippen LogP contribution in [-0.2, 0) is 0 Å². The molecule has 2 aromatic carbocycles. The standard InChI is InChI=1S/C18H18N2O2S/c1-13-5-2-3-8-17(13)18(21)20-19-10-14-6-4-7-15(9-14)22-16-11-23-12-16/h2-10,16H,11-12H2,1H3,(H,20,21)/b19-10-. The molecule has 0 aliphatic carbocycles. The number of hydrogen-bond acceptors (Lipinski definition) is 4. The predicted molar refractivity (Wildman–Crippen MR) is 94.4 cm³/mol. The summed E-state index contributed by atoms with van der Waals surface area (Å²) in [6.45, 7) is 1.90. The Labute approximate surface area is 139 Å². The Morgan fingerprint density at radius 1 is 1.26 bits per heavy atom. The fraction of sp³-hybridized carbons (Fsp3) is 0.222. The minimum absolute atomic E-state index is 0.210. The Balaban J connectivity index is 1.60. The molecule has 0 bridgehead atoms. The molecule has 4 nitrogen and oxygen atoms in total. The van der Waals surface area contributed by atoms with Crippen molar-refractivity contribution in [1.82, 2.24) is 5.43 Å². The first-order valence-electron chi connectivity index (χ1n) is 7.46. The van der Waals surface area contributed by atoms with E-state index in [0.29, 0.717) is 11.7 Å². The number of nitrogens with zero attached hydrogens (tertiary/aromatic N) is 1. The number of hydrazone groups is 1. The maximum Gasteiger partial charge on any atom is 0.271 e. The van der Waals surface area contributed by atoms with Gasteiger partial charge in [-0.2, -0.15) is 16.9 Å². The van der Waals surface area contributed by atoms with Crippen molar-refractivity contribution in [2.75, 3.05) is 11.5 Å². The van der Waals surface area contributed by atoms with Crippen LogP contribution in [0.15, 0.2) is 53.6 Å². The molecule has 0 atom stereocenters. The number of thioether (sulfide) groups is 1. The molecule has 3 rings (SSSR count). The van der Waals surface area contributed by atoms with Gasteiger partial charge in [0.05, 0.1) is 6.21 Å². The molecule has 23 heavy (non-hydrogen) atoms. The topological polar surface area (TPSA) is 50.7 Å². The van der Waals surface area contributed by atoms with Crippen LogP contribution in [-0.4, -0.2) is 29.7 Å². The Hall–Kier alpha value is -2.27. The number of benzene rings is 2. The summed E-state index contributed by atoms with van der Waals surface area (Å²) in [6.07, 6.45) is 1.94. The van der Waals surface area contributed by atoms with Gasteiger partial charge in [0, 0.05) is 17.1 Å². The van der Waals surface area contributed by atoms with E-state index in [9.17, 15) is 4.79 Å². The summed E-state index contributed by atoms with van der Waals surface area (Å²) in [7, 11) is 0. The largest absolute Gasteiger partial charge is 0.489 e. The number of carbonyl (C=O) groups is 1. The van der Waals surface area contributed by atoms with Gasteiger partial charge in [-0.3, -0.25) is 4.79 Å². The highest BCUT2D eigenvalue weighted by molar-refractivity contribution is 8.00. The van der Waals surface area contributed by atoms with Crippen molar-refractivity contribution in [3.8, 4) is 5.75 Å². The molecule has 0 radical (unpaired) electrons. The number of carbonyl (C=O) groups excluding carboxylic acids is 1. The molecule has 1 fully saturated rings. The lowest BCUT2D eigenvalue weighted by Gasteiger charge is -2.25. The molecule has 1 aliphatic rings. The van der Waals surface area contributed by atoms with Crippen molar-refractivity contribution < 1.29 is 9.53 Å². The van der Waals surface area contributed by atoms with E-state index in [0.717, 1.165) is 28.4 Å². The first-order valence-corrected chi connectivity index (χ1v) is 8.61. The van der Waals surface area contributed by atoms with E-state index >= 15 is 0 Å². The molecular weight excluding hydrogens is 308 g/mol. The highest BCUT2D eigenvalue weighted by Gasteiger charge is 2.19. The van der Waals surface area contributed by atoms with Crippen molar-refractivity contribution in [2.24, 2.45) is 5.10 Å². The van der Waals surface area contributed by atoms with Gasteiger partial charge in [-0.15, -0.1) is 0 Å². The molecular formula is C18H18N2O2S. The van der Waals surface area contributed by atoms with Crippen LogP contribution in [0.3, 0.4) is 0 Å². The fourth-order valence-electron chi connectivity index (χ4n) is 2.20. The monoisotopic (exact) mass is 326 g/mol. The number of nitrogens with one attached hydrogen (secondary N) is 1. The molecule has 0 spiro atoms. The van der Waals surface area contributed by atoms with Gasteiger partial charge >= 0.3 is 0 Å². The minimum atomic E-state index is -0.210. The van der Waals surface area contributed by atoms with Crippen molar-refractivity contribution in [3.05, 3.63) is 65.2 Å². The second kappa shape index (κ2) is 7.33. The SMILES string of the molecule is Cc1ccccc1C(=O)N/N=C\c1cccc(OC2CSC2)c1. The van der Waals surface area contributed by atoms with E-state index in [1.54, 1.807) is 12.3 Å². The van der Waals surface area contributed by atoms with Crippen molar-refractivity contribution in [1.29, 1.82) is 0 Å². The highest BCUT2D eigenvalue weighted by Crippen LogP contribution is 2.24. The third-order valence-electron chi connectivity index (χ3n) is 3.54. The lowest BCUT2D eigenvalue weighted by Crippen LogP contribution is -2.31. The Bertz CT molecular complexity index is 726. The second-order valence-corrected chi connectivity index (χ2v) is 6.44. The lowest BCUT2D eigenvalue weighted by atomic mass is 10.1. The fourth-order valence-corrected chi connectivity index (χ4v) is 2.76. The molecule has 2 aromatic rings. The zero-order chi connectivity index (χ0) is 16.1. The third kappa shape index (κ3) is 4.13. The van der Waals surface area contributed by atoms with Gasteiger partial charge in [-0.25, -0.2) is 5.43 Å². The summed E-state index contributed by atoms with van der Waals surface area (Å²) >= 11 is 1.89. The van der Waals surface area contributed by atoms with E-state index in [2.05, 4.69) is 10.5 Å².